The first kappa shape index (κ1) is 17.9. The third-order valence-corrected chi connectivity index (χ3v) is 6.00. The molecule has 1 heterocycles. The summed E-state index contributed by atoms with van der Waals surface area (Å²) in [5, 5.41) is 0. The fourth-order valence-electron chi connectivity index (χ4n) is 2.54. The van der Waals surface area contributed by atoms with E-state index in [2.05, 4.69) is 15.9 Å². The van der Waals surface area contributed by atoms with Crippen LogP contribution < -0.4 is 0 Å². The molecule has 1 saturated heterocycles. The van der Waals surface area contributed by atoms with E-state index in [0.29, 0.717) is 18.5 Å². The second-order valence-corrected chi connectivity index (χ2v) is 8.46. The second-order valence-electron chi connectivity index (χ2n) is 5.32. The number of esters is 1. The van der Waals surface area contributed by atoms with E-state index in [0.717, 1.165) is 4.47 Å². The van der Waals surface area contributed by atoms with Gasteiger partial charge >= 0.3 is 5.97 Å². The minimum Gasteiger partial charge on any atom is -0.452 e. The first-order valence-corrected chi connectivity index (χ1v) is 9.86. The highest BCUT2D eigenvalue weighted by atomic mass is 79.9. The average molecular weight is 404 g/mol. The van der Waals surface area contributed by atoms with E-state index < -0.39 is 15.8 Å². The van der Waals surface area contributed by atoms with Gasteiger partial charge in [0.1, 0.15) is 0 Å². The monoisotopic (exact) mass is 403 g/mol. The fourth-order valence-corrected chi connectivity index (χ4v) is 4.53. The van der Waals surface area contributed by atoms with Gasteiger partial charge in [0, 0.05) is 17.1 Å². The molecule has 126 valence electrons. The van der Waals surface area contributed by atoms with Crippen LogP contribution in [0.25, 0.3) is 0 Å². The molecular formula is C15H18BrNO5S. The van der Waals surface area contributed by atoms with Gasteiger partial charge in [-0.25, -0.2) is 13.2 Å². The highest BCUT2D eigenvalue weighted by Crippen LogP contribution is 2.18. The van der Waals surface area contributed by atoms with E-state index in [9.17, 15) is 18.0 Å². The van der Waals surface area contributed by atoms with Gasteiger partial charge in [-0.1, -0.05) is 15.9 Å². The van der Waals surface area contributed by atoms with Gasteiger partial charge in [-0.15, -0.1) is 0 Å². The Bertz CT molecular complexity index is 686. The van der Waals surface area contributed by atoms with Crippen molar-refractivity contribution in [2.75, 3.05) is 24.7 Å². The summed E-state index contributed by atoms with van der Waals surface area (Å²) in [5.74, 6) is -0.881. The van der Waals surface area contributed by atoms with Crippen LogP contribution in [0.15, 0.2) is 28.7 Å². The van der Waals surface area contributed by atoms with Crippen molar-refractivity contribution in [3.05, 3.63) is 34.3 Å². The lowest BCUT2D eigenvalue weighted by Gasteiger charge is -2.26. The van der Waals surface area contributed by atoms with Crippen LogP contribution in [-0.4, -0.2) is 55.9 Å². The first-order chi connectivity index (χ1) is 10.8. The molecule has 23 heavy (non-hydrogen) atoms. The summed E-state index contributed by atoms with van der Waals surface area (Å²) in [5.41, 5.74) is 0.354. The van der Waals surface area contributed by atoms with Crippen molar-refractivity contribution in [3.63, 3.8) is 0 Å². The SMILES string of the molecule is CCN(C(=O)COC(=O)c1ccc(Br)cc1)[C@H]1CCS(=O)(=O)C1. The summed E-state index contributed by atoms with van der Waals surface area (Å²) in [6.45, 7) is 1.77. The highest BCUT2D eigenvalue weighted by Gasteiger charge is 2.34. The van der Waals surface area contributed by atoms with Crippen molar-refractivity contribution >= 4 is 37.6 Å². The standard InChI is InChI=1S/C15H18BrNO5S/c1-2-17(13-7-8-23(20,21)10-13)14(18)9-22-15(19)11-3-5-12(16)6-4-11/h3-6,13H,2,7-10H2,1H3/t13-/m0/s1. The van der Waals surface area contributed by atoms with Gasteiger partial charge in [0.2, 0.25) is 0 Å². The molecule has 0 saturated carbocycles. The number of sulfone groups is 1. The summed E-state index contributed by atoms with van der Waals surface area (Å²) >= 11 is 3.27. The minimum atomic E-state index is -3.07. The molecule has 1 aliphatic heterocycles. The summed E-state index contributed by atoms with van der Waals surface area (Å²) in [4.78, 5) is 25.6. The summed E-state index contributed by atoms with van der Waals surface area (Å²) < 4.78 is 28.9. The molecule has 0 unspecified atom stereocenters. The summed E-state index contributed by atoms with van der Waals surface area (Å²) in [6, 6.07) is 6.28. The number of benzene rings is 1. The lowest BCUT2D eigenvalue weighted by molar-refractivity contribution is -0.136. The molecule has 6 nitrogen and oxygen atoms in total. The smallest absolute Gasteiger partial charge is 0.338 e. The van der Waals surface area contributed by atoms with Crippen molar-refractivity contribution in [2.24, 2.45) is 0 Å². The Labute approximate surface area is 143 Å². The summed E-state index contributed by atoms with van der Waals surface area (Å²) in [7, 11) is -3.07. The summed E-state index contributed by atoms with van der Waals surface area (Å²) in [6.07, 6.45) is 0.433. The van der Waals surface area contributed by atoms with Crippen LogP contribution in [0.4, 0.5) is 0 Å². The van der Waals surface area contributed by atoms with Gasteiger partial charge in [-0.05, 0) is 37.6 Å². The molecule has 1 aromatic carbocycles. The Hall–Kier alpha value is -1.41. The molecule has 0 spiro atoms. The lowest BCUT2D eigenvalue weighted by Crippen LogP contribution is -2.43. The van der Waals surface area contributed by atoms with Crippen molar-refractivity contribution in [1.29, 1.82) is 0 Å². The third-order valence-electron chi connectivity index (χ3n) is 3.72. The Morgan fingerprint density at radius 1 is 1.30 bits per heavy atom. The average Bonchev–Trinajstić information content (AvgIpc) is 2.86. The molecule has 8 heteroatoms. The number of ether oxygens (including phenoxy) is 1. The topological polar surface area (TPSA) is 80.8 Å². The van der Waals surface area contributed by atoms with Gasteiger partial charge in [0.25, 0.3) is 5.91 Å². The highest BCUT2D eigenvalue weighted by molar-refractivity contribution is 9.10. The zero-order valence-corrected chi connectivity index (χ0v) is 15.1. The van der Waals surface area contributed by atoms with Gasteiger partial charge < -0.3 is 9.64 Å². The van der Waals surface area contributed by atoms with E-state index in [1.54, 1.807) is 31.2 Å². The van der Waals surface area contributed by atoms with Crippen molar-refractivity contribution in [3.8, 4) is 0 Å². The van der Waals surface area contributed by atoms with Crippen molar-refractivity contribution in [2.45, 2.75) is 19.4 Å². The Morgan fingerprint density at radius 2 is 1.96 bits per heavy atom. The Kier molecular flexibility index (Phi) is 5.80. The van der Waals surface area contributed by atoms with Gasteiger partial charge in [-0.2, -0.15) is 0 Å². The molecule has 0 bridgehead atoms. The molecular weight excluding hydrogens is 386 g/mol. The quantitative estimate of drug-likeness (QED) is 0.698. The molecule has 0 radical (unpaired) electrons. The van der Waals surface area contributed by atoms with E-state index in [1.807, 2.05) is 0 Å². The maximum Gasteiger partial charge on any atom is 0.338 e. The van der Waals surface area contributed by atoms with E-state index in [4.69, 9.17) is 4.74 Å². The van der Waals surface area contributed by atoms with Crippen LogP contribution in [0.3, 0.4) is 0 Å². The van der Waals surface area contributed by atoms with E-state index >= 15 is 0 Å². The van der Waals surface area contributed by atoms with E-state index in [-0.39, 0.29) is 30.1 Å². The second kappa shape index (κ2) is 7.44. The number of rotatable bonds is 5. The molecule has 1 atom stereocenters. The number of carbonyl (C=O) groups excluding carboxylic acids is 2. The molecule has 1 aromatic rings. The maximum absolute atomic E-state index is 12.2. The minimum absolute atomic E-state index is 0.0206. The predicted octanol–water partition coefficient (Wildman–Crippen LogP) is 1.64. The Balaban J connectivity index is 1.92. The number of hydrogen-bond acceptors (Lipinski definition) is 5. The number of halogens is 1. The largest absolute Gasteiger partial charge is 0.452 e. The normalized spacial score (nSPS) is 19.3. The number of carbonyl (C=O) groups is 2. The van der Waals surface area contributed by atoms with Crippen LogP contribution in [0.1, 0.15) is 23.7 Å². The zero-order valence-electron chi connectivity index (χ0n) is 12.7. The molecule has 1 aliphatic rings. The van der Waals surface area contributed by atoms with E-state index in [1.165, 1.54) is 4.90 Å². The van der Waals surface area contributed by atoms with Gasteiger partial charge in [-0.3, -0.25) is 4.79 Å². The van der Waals surface area contributed by atoms with Crippen LogP contribution in [-0.2, 0) is 19.4 Å². The number of hydrogen-bond donors (Lipinski definition) is 0. The maximum atomic E-state index is 12.2. The fraction of sp³-hybridized carbons (Fsp3) is 0.467. The lowest BCUT2D eigenvalue weighted by atomic mass is 10.2. The first-order valence-electron chi connectivity index (χ1n) is 7.25. The third kappa shape index (κ3) is 4.78. The zero-order chi connectivity index (χ0) is 17.0. The van der Waals surface area contributed by atoms with Crippen molar-refractivity contribution < 1.29 is 22.7 Å². The van der Waals surface area contributed by atoms with Crippen molar-refractivity contribution in [1.82, 2.24) is 4.90 Å². The van der Waals surface area contributed by atoms with Gasteiger partial charge in [0.15, 0.2) is 16.4 Å². The molecule has 0 aromatic heterocycles. The van der Waals surface area contributed by atoms with Gasteiger partial charge in [0.05, 0.1) is 17.1 Å². The molecule has 0 N–H and O–H groups in total. The number of nitrogens with zero attached hydrogens (tertiary/aromatic N) is 1. The van der Waals surface area contributed by atoms with Crippen LogP contribution in [0.2, 0.25) is 0 Å². The predicted molar refractivity (Wildman–Crippen MR) is 88.9 cm³/mol. The number of likely N-dealkylation sites (N-methyl/N-ethyl adjacent to an activating group) is 1. The molecule has 2 rings (SSSR count). The molecule has 1 fully saturated rings. The molecule has 0 aliphatic carbocycles. The number of amides is 1. The molecule has 1 amide bonds. The van der Waals surface area contributed by atoms with Crippen LogP contribution in [0, 0.1) is 0 Å². The van der Waals surface area contributed by atoms with Crippen LogP contribution in [0.5, 0.6) is 0 Å². The Morgan fingerprint density at radius 3 is 2.48 bits per heavy atom. The van der Waals surface area contributed by atoms with Crippen LogP contribution >= 0.6 is 15.9 Å².